The number of aromatic nitrogens is 6. The van der Waals surface area contributed by atoms with Crippen LogP contribution in [0, 0.1) is 6.92 Å². The van der Waals surface area contributed by atoms with Gasteiger partial charge in [-0.3, -0.25) is 4.79 Å². The minimum absolute atomic E-state index is 0.296. The Bertz CT molecular complexity index is 932. The third kappa shape index (κ3) is 1.86. The summed E-state index contributed by atoms with van der Waals surface area (Å²) in [5.41, 5.74) is 2.57. The van der Waals surface area contributed by atoms with Crippen molar-refractivity contribution in [3.05, 3.63) is 55.9 Å². The first-order valence-electron chi connectivity index (χ1n) is 6.54. The number of tetrazole rings is 1. The van der Waals surface area contributed by atoms with Crippen LogP contribution in [-0.2, 0) is 0 Å². The van der Waals surface area contributed by atoms with Crippen LogP contribution in [0.1, 0.15) is 22.9 Å². The third-order valence-corrected chi connectivity index (χ3v) is 4.12. The Balaban J connectivity index is 2.04. The second-order valence-electron chi connectivity index (χ2n) is 4.96. The lowest BCUT2D eigenvalue weighted by atomic mass is 9.95. The van der Waals surface area contributed by atoms with E-state index in [0.29, 0.717) is 17.3 Å². The Morgan fingerprint density at radius 3 is 3.05 bits per heavy atom. The SMILES string of the molecule is Cc1n[nH]c(=O)c2c1[C@H](c1cccc(Br)c1)n1nnnc1N2. The summed E-state index contributed by atoms with van der Waals surface area (Å²) < 4.78 is 2.59. The Labute approximate surface area is 132 Å². The number of H-pyrrole nitrogens is 1. The van der Waals surface area contributed by atoms with Crippen molar-refractivity contribution in [2.24, 2.45) is 0 Å². The van der Waals surface area contributed by atoms with Gasteiger partial charge in [-0.15, -0.1) is 0 Å². The van der Waals surface area contributed by atoms with Gasteiger partial charge in [-0.1, -0.05) is 33.2 Å². The zero-order valence-electron chi connectivity index (χ0n) is 11.4. The second kappa shape index (κ2) is 4.73. The maximum absolute atomic E-state index is 12.1. The fourth-order valence-corrected chi connectivity index (χ4v) is 3.10. The smallest absolute Gasteiger partial charge is 0.288 e. The Morgan fingerprint density at radius 1 is 1.36 bits per heavy atom. The Kier molecular flexibility index (Phi) is 2.83. The summed E-state index contributed by atoms with van der Waals surface area (Å²) in [4.78, 5) is 12.1. The highest BCUT2D eigenvalue weighted by Gasteiger charge is 2.32. The molecule has 110 valence electrons. The van der Waals surface area contributed by atoms with Gasteiger partial charge in [0.05, 0.1) is 5.69 Å². The standard InChI is InChI=1S/C13H10BrN7O/c1-6-9-10(12(22)17-16-6)15-13-18-19-20-21(13)11(9)7-3-2-4-8(14)5-7/h2-5,11H,1H3,(H,17,22)(H,15,18,20)/t11-/m0/s1. The number of nitrogens with one attached hydrogen (secondary N) is 2. The van der Waals surface area contributed by atoms with Crippen LogP contribution in [-0.4, -0.2) is 30.4 Å². The zero-order chi connectivity index (χ0) is 15.3. The van der Waals surface area contributed by atoms with Gasteiger partial charge in [-0.25, -0.2) is 5.10 Å². The second-order valence-corrected chi connectivity index (χ2v) is 5.87. The quantitative estimate of drug-likeness (QED) is 0.534. The molecule has 0 saturated heterocycles. The summed E-state index contributed by atoms with van der Waals surface area (Å²) in [5.74, 6) is 0.425. The number of aromatic amines is 1. The molecule has 8 nitrogen and oxygen atoms in total. The lowest BCUT2D eigenvalue weighted by molar-refractivity contribution is 0.562. The van der Waals surface area contributed by atoms with Gasteiger partial charge in [0, 0.05) is 10.0 Å². The van der Waals surface area contributed by atoms with E-state index in [9.17, 15) is 4.79 Å². The van der Waals surface area contributed by atoms with Gasteiger partial charge in [-0.05, 0) is 35.0 Å². The Morgan fingerprint density at radius 2 is 2.23 bits per heavy atom. The summed E-state index contributed by atoms with van der Waals surface area (Å²) >= 11 is 3.47. The van der Waals surface area contributed by atoms with E-state index in [-0.39, 0.29) is 11.6 Å². The molecular weight excluding hydrogens is 350 g/mol. The first kappa shape index (κ1) is 13.1. The molecule has 0 aliphatic carbocycles. The number of aryl methyl sites for hydroxylation is 1. The van der Waals surface area contributed by atoms with Crippen LogP contribution in [0.25, 0.3) is 0 Å². The number of nitrogens with zero attached hydrogens (tertiary/aromatic N) is 5. The van der Waals surface area contributed by atoms with E-state index in [4.69, 9.17) is 0 Å². The molecule has 1 aliphatic rings. The molecule has 0 saturated carbocycles. The van der Waals surface area contributed by atoms with E-state index < -0.39 is 0 Å². The van der Waals surface area contributed by atoms with Crippen molar-refractivity contribution < 1.29 is 0 Å². The van der Waals surface area contributed by atoms with Crippen molar-refractivity contribution in [3.8, 4) is 0 Å². The maximum atomic E-state index is 12.1. The van der Waals surface area contributed by atoms with E-state index in [1.807, 2.05) is 31.2 Å². The van der Waals surface area contributed by atoms with Crippen LogP contribution in [0.4, 0.5) is 11.6 Å². The lowest BCUT2D eigenvalue weighted by Gasteiger charge is -2.27. The fourth-order valence-electron chi connectivity index (χ4n) is 2.68. The summed E-state index contributed by atoms with van der Waals surface area (Å²) in [6.45, 7) is 1.84. The van der Waals surface area contributed by atoms with Gasteiger partial charge in [0.15, 0.2) is 0 Å². The van der Waals surface area contributed by atoms with Gasteiger partial charge < -0.3 is 5.32 Å². The van der Waals surface area contributed by atoms with Crippen molar-refractivity contribution in [3.63, 3.8) is 0 Å². The molecule has 4 rings (SSSR count). The van der Waals surface area contributed by atoms with E-state index in [1.54, 1.807) is 4.68 Å². The van der Waals surface area contributed by atoms with Gasteiger partial charge in [-0.2, -0.15) is 9.78 Å². The molecule has 0 unspecified atom stereocenters. The molecule has 0 radical (unpaired) electrons. The van der Waals surface area contributed by atoms with Crippen LogP contribution in [0.15, 0.2) is 33.5 Å². The van der Waals surface area contributed by atoms with Crippen molar-refractivity contribution in [1.82, 2.24) is 30.4 Å². The molecule has 2 aromatic heterocycles. The molecule has 1 atom stereocenters. The van der Waals surface area contributed by atoms with Gasteiger partial charge in [0.1, 0.15) is 11.7 Å². The van der Waals surface area contributed by atoms with E-state index in [2.05, 4.69) is 47.0 Å². The monoisotopic (exact) mass is 359 g/mol. The van der Waals surface area contributed by atoms with Crippen LogP contribution in [0.5, 0.6) is 0 Å². The van der Waals surface area contributed by atoms with Crippen molar-refractivity contribution in [2.75, 3.05) is 5.32 Å². The summed E-state index contributed by atoms with van der Waals surface area (Å²) in [6.07, 6.45) is 0. The first-order valence-corrected chi connectivity index (χ1v) is 7.34. The molecule has 9 heteroatoms. The van der Waals surface area contributed by atoms with E-state index >= 15 is 0 Å². The summed E-state index contributed by atoms with van der Waals surface area (Å²) in [7, 11) is 0. The summed E-state index contributed by atoms with van der Waals surface area (Å²) in [5, 5.41) is 21.2. The van der Waals surface area contributed by atoms with Crippen molar-refractivity contribution in [1.29, 1.82) is 0 Å². The number of fused-ring (bicyclic) bond motifs is 2. The molecule has 0 bridgehead atoms. The number of hydrogen-bond acceptors (Lipinski definition) is 6. The highest BCUT2D eigenvalue weighted by Crippen LogP contribution is 2.37. The highest BCUT2D eigenvalue weighted by atomic mass is 79.9. The molecule has 1 aliphatic heterocycles. The Hall–Kier alpha value is -2.55. The molecule has 3 heterocycles. The molecule has 22 heavy (non-hydrogen) atoms. The minimum atomic E-state index is -0.312. The molecule has 0 amide bonds. The third-order valence-electron chi connectivity index (χ3n) is 3.62. The predicted octanol–water partition coefficient (Wildman–Crippen LogP) is 1.52. The molecule has 0 spiro atoms. The highest BCUT2D eigenvalue weighted by molar-refractivity contribution is 9.10. The first-order chi connectivity index (χ1) is 10.6. The number of hydrogen-bond donors (Lipinski definition) is 2. The van der Waals surface area contributed by atoms with Crippen LogP contribution in [0.3, 0.4) is 0 Å². The van der Waals surface area contributed by atoms with Crippen molar-refractivity contribution >= 4 is 27.6 Å². The predicted molar refractivity (Wildman–Crippen MR) is 82.1 cm³/mol. The van der Waals surface area contributed by atoms with Gasteiger partial charge in [0.25, 0.3) is 5.56 Å². The number of benzene rings is 1. The topological polar surface area (TPSA) is 101 Å². The van der Waals surface area contributed by atoms with Gasteiger partial charge in [0.2, 0.25) is 5.95 Å². The average molecular weight is 360 g/mol. The fraction of sp³-hybridized carbons (Fsp3) is 0.154. The lowest BCUT2D eigenvalue weighted by Crippen LogP contribution is -2.29. The van der Waals surface area contributed by atoms with E-state index in [1.165, 1.54) is 0 Å². The van der Waals surface area contributed by atoms with Crippen LogP contribution < -0.4 is 10.9 Å². The van der Waals surface area contributed by atoms with E-state index in [0.717, 1.165) is 15.6 Å². The molecular formula is C13H10BrN7O. The normalized spacial score (nSPS) is 15.8. The number of rotatable bonds is 1. The molecule has 0 fully saturated rings. The van der Waals surface area contributed by atoms with Crippen molar-refractivity contribution in [2.45, 2.75) is 13.0 Å². The number of halogens is 1. The summed E-state index contributed by atoms with van der Waals surface area (Å²) in [6, 6.07) is 7.51. The molecule has 2 N–H and O–H groups in total. The zero-order valence-corrected chi connectivity index (χ0v) is 13.0. The molecule has 3 aromatic rings. The maximum Gasteiger partial charge on any atom is 0.288 e. The minimum Gasteiger partial charge on any atom is -0.318 e. The van der Waals surface area contributed by atoms with Crippen LogP contribution >= 0.6 is 15.9 Å². The largest absolute Gasteiger partial charge is 0.318 e. The van der Waals surface area contributed by atoms with Crippen LogP contribution in [0.2, 0.25) is 0 Å². The molecule has 1 aromatic carbocycles. The van der Waals surface area contributed by atoms with Gasteiger partial charge >= 0.3 is 0 Å². The average Bonchev–Trinajstić information content (AvgIpc) is 2.97. The number of anilines is 2.